The molecule has 1 aromatic carbocycles. The van der Waals surface area contributed by atoms with Gasteiger partial charge in [-0.25, -0.2) is 0 Å². The molecular weight excluding hydrogens is 188 g/mol. The normalized spacial score (nSPS) is 11.4. The third-order valence-corrected chi connectivity index (χ3v) is 2.15. The second-order valence-electron chi connectivity index (χ2n) is 4.41. The van der Waals surface area contributed by atoms with Crippen molar-refractivity contribution in [1.29, 1.82) is 0 Å². The zero-order valence-corrected chi connectivity index (χ0v) is 9.62. The summed E-state index contributed by atoms with van der Waals surface area (Å²) in [5.41, 5.74) is 0.760. The predicted molar refractivity (Wildman–Crippen MR) is 60.6 cm³/mol. The van der Waals surface area contributed by atoms with Crippen LogP contribution in [-0.2, 0) is 16.1 Å². The minimum absolute atomic E-state index is 0.160. The van der Waals surface area contributed by atoms with Crippen LogP contribution in [-0.4, -0.2) is 11.4 Å². The lowest BCUT2D eigenvalue weighted by atomic mass is 10.0. The molecule has 15 heavy (non-hydrogen) atoms. The van der Waals surface area contributed by atoms with Gasteiger partial charge in [0.2, 0.25) is 0 Å². The van der Waals surface area contributed by atoms with Crippen molar-refractivity contribution in [3.05, 3.63) is 35.9 Å². The van der Waals surface area contributed by atoms with E-state index in [0.717, 1.165) is 5.56 Å². The second-order valence-corrected chi connectivity index (χ2v) is 4.41. The summed E-state index contributed by atoms with van der Waals surface area (Å²) in [5.74, 6) is 0.160. The van der Waals surface area contributed by atoms with Crippen LogP contribution in [0.2, 0.25) is 0 Å². The lowest BCUT2D eigenvalue weighted by Gasteiger charge is -2.24. The van der Waals surface area contributed by atoms with E-state index in [9.17, 15) is 4.79 Å². The Hall–Kier alpha value is -1.15. The van der Waals surface area contributed by atoms with E-state index in [4.69, 9.17) is 4.74 Å². The average molecular weight is 206 g/mol. The van der Waals surface area contributed by atoms with Crippen LogP contribution in [0.15, 0.2) is 30.3 Å². The number of carbonyl (C=O) groups excluding carboxylic acids is 1. The molecule has 0 aliphatic carbocycles. The van der Waals surface area contributed by atoms with Gasteiger partial charge in [-0.15, -0.1) is 0 Å². The van der Waals surface area contributed by atoms with Crippen molar-refractivity contribution in [2.24, 2.45) is 0 Å². The first-order chi connectivity index (χ1) is 6.99. The Morgan fingerprint density at radius 2 is 1.87 bits per heavy atom. The largest absolute Gasteiger partial charge is 0.370 e. The zero-order chi connectivity index (χ0) is 11.3. The van der Waals surface area contributed by atoms with E-state index in [2.05, 4.69) is 0 Å². The number of carbonyl (C=O) groups is 1. The van der Waals surface area contributed by atoms with E-state index in [1.54, 1.807) is 6.92 Å². The molecule has 0 aromatic heterocycles. The van der Waals surface area contributed by atoms with Gasteiger partial charge in [-0.05, 0) is 26.3 Å². The van der Waals surface area contributed by atoms with E-state index in [-0.39, 0.29) is 11.4 Å². The highest BCUT2D eigenvalue weighted by molar-refractivity contribution is 5.76. The van der Waals surface area contributed by atoms with E-state index >= 15 is 0 Å². The zero-order valence-electron chi connectivity index (χ0n) is 9.62. The molecule has 0 radical (unpaired) electrons. The first-order valence-electron chi connectivity index (χ1n) is 5.17. The van der Waals surface area contributed by atoms with E-state index in [1.807, 2.05) is 44.2 Å². The molecule has 0 amide bonds. The second kappa shape index (κ2) is 5.08. The summed E-state index contributed by atoms with van der Waals surface area (Å²) in [4.78, 5) is 11.0. The fourth-order valence-electron chi connectivity index (χ4n) is 1.50. The maximum atomic E-state index is 11.0. The number of ether oxygens (including phenoxy) is 1. The van der Waals surface area contributed by atoms with Crippen LogP contribution < -0.4 is 0 Å². The third kappa shape index (κ3) is 4.75. The highest BCUT2D eigenvalue weighted by atomic mass is 16.5. The summed E-state index contributed by atoms with van der Waals surface area (Å²) in [6.45, 7) is 6.03. The van der Waals surface area contributed by atoms with Gasteiger partial charge in [0, 0.05) is 6.42 Å². The highest BCUT2D eigenvalue weighted by Crippen LogP contribution is 2.17. The number of hydrogen-bond donors (Lipinski definition) is 0. The molecule has 0 atom stereocenters. The van der Waals surface area contributed by atoms with Crippen molar-refractivity contribution in [1.82, 2.24) is 0 Å². The minimum Gasteiger partial charge on any atom is -0.370 e. The first kappa shape index (κ1) is 11.9. The Balaban J connectivity index is 2.46. The molecule has 0 saturated heterocycles. The van der Waals surface area contributed by atoms with E-state index < -0.39 is 0 Å². The van der Waals surface area contributed by atoms with Crippen molar-refractivity contribution in [2.75, 3.05) is 0 Å². The maximum absolute atomic E-state index is 11.0. The quantitative estimate of drug-likeness (QED) is 0.740. The Labute approximate surface area is 91.3 Å². The fourth-order valence-corrected chi connectivity index (χ4v) is 1.50. The lowest BCUT2D eigenvalue weighted by molar-refractivity contribution is -0.124. The summed E-state index contributed by atoms with van der Waals surface area (Å²) in [6, 6.07) is 9.98. The maximum Gasteiger partial charge on any atom is 0.132 e. The van der Waals surface area contributed by atoms with Crippen molar-refractivity contribution >= 4 is 5.78 Å². The predicted octanol–water partition coefficient (Wildman–Crippen LogP) is 2.96. The molecule has 1 rings (SSSR count). The topological polar surface area (TPSA) is 26.3 Å². The molecule has 0 bridgehead atoms. The summed E-state index contributed by atoms with van der Waals surface area (Å²) in [5, 5.41) is 0. The van der Waals surface area contributed by atoms with Crippen molar-refractivity contribution < 1.29 is 9.53 Å². The number of rotatable bonds is 5. The molecule has 0 saturated carbocycles. The van der Waals surface area contributed by atoms with Gasteiger partial charge in [0.25, 0.3) is 0 Å². The molecule has 0 aliphatic rings. The molecule has 0 aliphatic heterocycles. The molecule has 0 fully saturated rings. The van der Waals surface area contributed by atoms with Crippen LogP contribution >= 0.6 is 0 Å². The van der Waals surface area contributed by atoms with Crippen LogP contribution in [0.4, 0.5) is 0 Å². The number of benzene rings is 1. The summed E-state index contributed by atoms with van der Waals surface area (Å²) >= 11 is 0. The Morgan fingerprint density at radius 1 is 1.27 bits per heavy atom. The standard InChI is InChI=1S/C13H18O2/c1-11(14)9-13(2,3)15-10-12-7-5-4-6-8-12/h4-8H,9-10H2,1-3H3. The number of ketones is 1. The Kier molecular flexibility index (Phi) is 4.04. The van der Waals surface area contributed by atoms with Gasteiger partial charge in [0.15, 0.2) is 0 Å². The summed E-state index contributed by atoms with van der Waals surface area (Å²) in [7, 11) is 0. The minimum atomic E-state index is -0.373. The number of hydrogen-bond acceptors (Lipinski definition) is 2. The molecule has 0 unspecified atom stereocenters. The Morgan fingerprint density at radius 3 is 2.40 bits per heavy atom. The van der Waals surface area contributed by atoms with Gasteiger partial charge in [0.1, 0.15) is 5.78 Å². The Bertz CT molecular complexity index is 315. The van der Waals surface area contributed by atoms with Gasteiger partial charge >= 0.3 is 0 Å². The van der Waals surface area contributed by atoms with Crippen LogP contribution in [0.25, 0.3) is 0 Å². The number of Topliss-reactive ketones (excluding diaryl/α,β-unsaturated/α-hetero) is 1. The van der Waals surface area contributed by atoms with Crippen molar-refractivity contribution in [3.8, 4) is 0 Å². The van der Waals surface area contributed by atoms with Crippen LogP contribution in [0.3, 0.4) is 0 Å². The molecule has 82 valence electrons. The molecule has 1 aromatic rings. The van der Waals surface area contributed by atoms with Crippen molar-refractivity contribution in [2.45, 2.75) is 39.4 Å². The van der Waals surface area contributed by atoms with Crippen LogP contribution in [0, 0.1) is 0 Å². The van der Waals surface area contributed by atoms with E-state index in [0.29, 0.717) is 13.0 Å². The van der Waals surface area contributed by atoms with Gasteiger partial charge < -0.3 is 4.74 Å². The third-order valence-electron chi connectivity index (χ3n) is 2.15. The summed E-state index contributed by atoms with van der Waals surface area (Å²) < 4.78 is 5.71. The molecular formula is C13H18O2. The monoisotopic (exact) mass is 206 g/mol. The molecule has 0 spiro atoms. The molecule has 0 N–H and O–H groups in total. The molecule has 2 nitrogen and oxygen atoms in total. The van der Waals surface area contributed by atoms with Gasteiger partial charge in [-0.2, -0.15) is 0 Å². The molecule has 2 heteroatoms. The first-order valence-corrected chi connectivity index (χ1v) is 5.17. The van der Waals surface area contributed by atoms with E-state index in [1.165, 1.54) is 0 Å². The van der Waals surface area contributed by atoms with Crippen LogP contribution in [0.1, 0.15) is 32.8 Å². The summed E-state index contributed by atoms with van der Waals surface area (Å²) in [6.07, 6.45) is 0.458. The smallest absolute Gasteiger partial charge is 0.132 e. The van der Waals surface area contributed by atoms with Gasteiger partial charge in [0.05, 0.1) is 12.2 Å². The van der Waals surface area contributed by atoms with Gasteiger partial charge in [-0.3, -0.25) is 4.79 Å². The van der Waals surface area contributed by atoms with Gasteiger partial charge in [-0.1, -0.05) is 30.3 Å². The average Bonchev–Trinajstić information content (AvgIpc) is 2.15. The molecule has 0 heterocycles. The highest BCUT2D eigenvalue weighted by Gasteiger charge is 2.20. The fraction of sp³-hybridized carbons (Fsp3) is 0.462. The SMILES string of the molecule is CC(=O)CC(C)(C)OCc1ccccc1. The van der Waals surface area contributed by atoms with Crippen LogP contribution in [0.5, 0.6) is 0 Å². The van der Waals surface area contributed by atoms with Crippen molar-refractivity contribution in [3.63, 3.8) is 0 Å². The lowest BCUT2D eigenvalue weighted by Crippen LogP contribution is -2.26.